The normalized spacial score (nSPS) is 11.8. The Balaban J connectivity index is 1.31. The second-order valence-corrected chi connectivity index (χ2v) is 8.30. The van der Waals surface area contributed by atoms with Gasteiger partial charge in [-0.3, -0.25) is 4.79 Å². The predicted octanol–water partition coefficient (Wildman–Crippen LogP) is 4.12. The van der Waals surface area contributed by atoms with Crippen molar-refractivity contribution in [3.05, 3.63) is 94.1 Å². The van der Waals surface area contributed by atoms with Gasteiger partial charge < -0.3 is 20.9 Å². The van der Waals surface area contributed by atoms with E-state index in [1.807, 2.05) is 35.8 Å². The number of thiophene rings is 1. The zero-order valence-corrected chi connectivity index (χ0v) is 18.0. The number of nitrogens with one attached hydrogen (secondary N) is 4. The van der Waals surface area contributed by atoms with Gasteiger partial charge in [0.05, 0.1) is 6.54 Å². The summed E-state index contributed by atoms with van der Waals surface area (Å²) in [5.74, 6) is -0.603. The monoisotopic (exact) mass is 450 g/mol. The summed E-state index contributed by atoms with van der Waals surface area (Å²) >= 11 is 1.64. The van der Waals surface area contributed by atoms with Crippen LogP contribution in [0.15, 0.2) is 72.2 Å². The van der Waals surface area contributed by atoms with Crippen LogP contribution in [-0.4, -0.2) is 30.0 Å². The molecule has 4 N–H and O–H groups in total. The number of rotatable bonds is 8. The molecule has 6 nitrogen and oxygen atoms in total. The van der Waals surface area contributed by atoms with Gasteiger partial charge in [0.1, 0.15) is 5.82 Å². The minimum atomic E-state index is -0.462. The van der Waals surface area contributed by atoms with Crippen molar-refractivity contribution in [1.82, 2.24) is 20.9 Å². The summed E-state index contributed by atoms with van der Waals surface area (Å²) in [5.41, 5.74) is 2.94. The molecule has 1 unspecified atom stereocenters. The molecular formula is C24H23FN4O2S. The number of fused-ring (bicyclic) bond motifs is 1. The third-order valence-electron chi connectivity index (χ3n) is 5.16. The Labute approximate surface area is 188 Å². The molecule has 4 rings (SSSR count). The van der Waals surface area contributed by atoms with Crippen LogP contribution >= 0.6 is 11.3 Å². The summed E-state index contributed by atoms with van der Waals surface area (Å²) in [5, 5.41) is 11.3. The zero-order chi connectivity index (χ0) is 22.3. The van der Waals surface area contributed by atoms with Crippen LogP contribution in [0.4, 0.5) is 9.18 Å². The first-order valence-electron chi connectivity index (χ1n) is 10.2. The standard InChI is InChI=1S/C24H23FN4O2S/c25-17-9-7-16(8-10-17)12-28-24(31)29-15-23(30)27-14-20(22-6-3-11-32-22)19-13-26-21-5-2-1-4-18(19)21/h1-11,13,20,26H,12,14-15H2,(H,27,30)(H2,28,29,31). The van der Waals surface area contributed by atoms with Crippen LogP contribution in [0, 0.1) is 5.82 Å². The van der Waals surface area contributed by atoms with Gasteiger partial charge >= 0.3 is 6.03 Å². The number of aromatic amines is 1. The Hall–Kier alpha value is -3.65. The minimum Gasteiger partial charge on any atom is -0.361 e. The van der Waals surface area contributed by atoms with Crippen molar-refractivity contribution in [1.29, 1.82) is 0 Å². The van der Waals surface area contributed by atoms with Gasteiger partial charge in [-0.05, 0) is 40.8 Å². The molecule has 2 heterocycles. The Morgan fingerprint density at radius 3 is 2.56 bits per heavy atom. The zero-order valence-electron chi connectivity index (χ0n) is 17.2. The maximum absolute atomic E-state index is 12.9. The van der Waals surface area contributed by atoms with E-state index in [1.165, 1.54) is 12.1 Å². The second-order valence-electron chi connectivity index (χ2n) is 7.32. The fraction of sp³-hybridized carbons (Fsp3) is 0.167. The van der Waals surface area contributed by atoms with Crippen molar-refractivity contribution < 1.29 is 14.0 Å². The average molecular weight is 451 g/mol. The topological polar surface area (TPSA) is 86.0 Å². The molecule has 164 valence electrons. The van der Waals surface area contributed by atoms with Gasteiger partial charge in [0, 0.05) is 41.0 Å². The molecule has 0 aliphatic heterocycles. The Kier molecular flexibility index (Phi) is 6.81. The van der Waals surface area contributed by atoms with E-state index >= 15 is 0 Å². The van der Waals surface area contributed by atoms with E-state index in [0.717, 1.165) is 26.9 Å². The second kappa shape index (κ2) is 10.1. The van der Waals surface area contributed by atoms with Crippen molar-refractivity contribution in [2.75, 3.05) is 13.1 Å². The van der Waals surface area contributed by atoms with Gasteiger partial charge in [-0.1, -0.05) is 36.4 Å². The molecule has 0 saturated carbocycles. The molecule has 1 atom stereocenters. The highest BCUT2D eigenvalue weighted by Gasteiger charge is 2.20. The third kappa shape index (κ3) is 5.33. The number of para-hydroxylation sites is 1. The lowest BCUT2D eigenvalue weighted by atomic mass is 9.96. The maximum atomic E-state index is 12.9. The fourth-order valence-electron chi connectivity index (χ4n) is 3.52. The van der Waals surface area contributed by atoms with Gasteiger partial charge in [0.25, 0.3) is 0 Å². The smallest absolute Gasteiger partial charge is 0.315 e. The predicted molar refractivity (Wildman–Crippen MR) is 124 cm³/mol. The molecule has 2 aromatic carbocycles. The van der Waals surface area contributed by atoms with E-state index in [1.54, 1.807) is 23.5 Å². The van der Waals surface area contributed by atoms with E-state index in [-0.39, 0.29) is 30.7 Å². The van der Waals surface area contributed by atoms with Crippen LogP contribution in [0.2, 0.25) is 0 Å². The van der Waals surface area contributed by atoms with Gasteiger partial charge in [-0.15, -0.1) is 11.3 Å². The molecule has 0 aliphatic carbocycles. The van der Waals surface area contributed by atoms with Crippen LogP contribution in [0.3, 0.4) is 0 Å². The quantitative estimate of drug-likeness (QED) is 0.326. The summed E-state index contributed by atoms with van der Waals surface area (Å²) in [6.45, 7) is 0.523. The summed E-state index contributed by atoms with van der Waals surface area (Å²) in [7, 11) is 0. The highest BCUT2D eigenvalue weighted by atomic mass is 32.1. The summed E-state index contributed by atoms with van der Waals surface area (Å²) in [4.78, 5) is 28.8. The van der Waals surface area contributed by atoms with Crippen LogP contribution in [0.1, 0.15) is 21.9 Å². The third-order valence-corrected chi connectivity index (χ3v) is 6.15. The molecule has 2 aromatic heterocycles. The highest BCUT2D eigenvalue weighted by molar-refractivity contribution is 7.10. The molecule has 0 bridgehead atoms. The molecule has 0 spiro atoms. The highest BCUT2D eigenvalue weighted by Crippen LogP contribution is 2.32. The molecule has 0 radical (unpaired) electrons. The SMILES string of the molecule is O=C(CNC(=O)NCc1ccc(F)cc1)NCC(c1cccs1)c1c[nH]c2ccccc12. The number of benzene rings is 2. The van der Waals surface area contributed by atoms with Gasteiger partial charge in [0.15, 0.2) is 0 Å². The Morgan fingerprint density at radius 1 is 0.969 bits per heavy atom. The summed E-state index contributed by atoms with van der Waals surface area (Å²) in [6.07, 6.45) is 1.99. The molecule has 32 heavy (non-hydrogen) atoms. The molecule has 8 heteroatoms. The van der Waals surface area contributed by atoms with Crippen LogP contribution in [-0.2, 0) is 11.3 Å². The molecule has 3 amide bonds. The van der Waals surface area contributed by atoms with Crippen LogP contribution in [0.25, 0.3) is 10.9 Å². The number of halogens is 1. The Morgan fingerprint density at radius 2 is 1.78 bits per heavy atom. The van der Waals surface area contributed by atoms with Gasteiger partial charge in [0.2, 0.25) is 5.91 Å². The van der Waals surface area contributed by atoms with Crippen molar-refractivity contribution in [2.24, 2.45) is 0 Å². The number of urea groups is 1. The van der Waals surface area contributed by atoms with E-state index in [4.69, 9.17) is 0 Å². The van der Waals surface area contributed by atoms with E-state index < -0.39 is 6.03 Å². The van der Waals surface area contributed by atoms with Crippen LogP contribution < -0.4 is 16.0 Å². The maximum Gasteiger partial charge on any atom is 0.315 e. The Bertz CT molecular complexity index is 1190. The number of amides is 3. The minimum absolute atomic E-state index is 0.00222. The largest absolute Gasteiger partial charge is 0.361 e. The number of aromatic nitrogens is 1. The molecule has 4 aromatic rings. The molecule has 0 aliphatic rings. The van der Waals surface area contributed by atoms with Crippen molar-refractivity contribution in [3.8, 4) is 0 Å². The van der Waals surface area contributed by atoms with Crippen LogP contribution in [0.5, 0.6) is 0 Å². The van der Waals surface area contributed by atoms with E-state index in [0.29, 0.717) is 6.54 Å². The van der Waals surface area contributed by atoms with Crippen molar-refractivity contribution >= 4 is 34.2 Å². The van der Waals surface area contributed by atoms with E-state index in [2.05, 4.69) is 33.1 Å². The fourth-order valence-corrected chi connectivity index (χ4v) is 4.37. The van der Waals surface area contributed by atoms with Gasteiger partial charge in [-0.25, -0.2) is 9.18 Å². The number of hydrogen-bond acceptors (Lipinski definition) is 3. The summed E-state index contributed by atoms with van der Waals surface area (Å²) in [6, 6.07) is 17.5. The number of hydrogen-bond donors (Lipinski definition) is 4. The lowest BCUT2D eigenvalue weighted by Gasteiger charge is -2.16. The first-order chi connectivity index (χ1) is 15.6. The molecule has 0 saturated heterocycles. The number of H-pyrrole nitrogens is 1. The number of carbonyl (C=O) groups excluding carboxylic acids is 2. The average Bonchev–Trinajstić information content (AvgIpc) is 3.48. The molecule has 0 fully saturated rings. The van der Waals surface area contributed by atoms with Crippen molar-refractivity contribution in [2.45, 2.75) is 12.5 Å². The lowest BCUT2D eigenvalue weighted by molar-refractivity contribution is -0.120. The first-order valence-corrected chi connectivity index (χ1v) is 11.1. The first kappa shape index (κ1) is 21.6. The lowest BCUT2D eigenvalue weighted by Crippen LogP contribution is -2.42. The number of carbonyl (C=O) groups is 2. The van der Waals surface area contributed by atoms with Gasteiger partial charge in [-0.2, -0.15) is 0 Å². The van der Waals surface area contributed by atoms with Crippen molar-refractivity contribution in [3.63, 3.8) is 0 Å². The summed E-state index contributed by atoms with van der Waals surface area (Å²) < 4.78 is 12.9. The molecular weight excluding hydrogens is 427 g/mol. The van der Waals surface area contributed by atoms with E-state index in [9.17, 15) is 14.0 Å².